The van der Waals surface area contributed by atoms with Crippen LogP contribution in [0.5, 0.6) is 17.2 Å². The van der Waals surface area contributed by atoms with Gasteiger partial charge in [-0.1, -0.05) is 146 Å². The third-order valence-electron chi connectivity index (χ3n) is 12.8. The number of aryl methyl sites for hydroxylation is 1. The Morgan fingerprint density at radius 2 is 0.811 bits per heavy atom. The molecule has 0 unspecified atom stereocenters. The third-order valence-corrected chi connectivity index (χ3v) is 13.7. The van der Waals surface area contributed by atoms with Gasteiger partial charge in [0.2, 0.25) is 0 Å². The van der Waals surface area contributed by atoms with Gasteiger partial charge in [0.1, 0.15) is 50.7 Å². The molecule has 0 atom stereocenters. The van der Waals surface area contributed by atoms with Gasteiger partial charge in [-0.05, 0) is 91.9 Å². The summed E-state index contributed by atoms with van der Waals surface area (Å²) in [5.41, 5.74) is 7.28. The van der Waals surface area contributed by atoms with Gasteiger partial charge < -0.3 is 37.7 Å². The molecule has 0 fully saturated rings. The zero-order chi connectivity index (χ0) is 52.5. The second-order valence-electron chi connectivity index (χ2n) is 17.3. The predicted molar refractivity (Wildman–Crippen MR) is 286 cm³/mol. The molecule has 0 bridgehead atoms. The van der Waals surface area contributed by atoms with Gasteiger partial charge >= 0.3 is 22.7 Å². The summed E-state index contributed by atoms with van der Waals surface area (Å²) in [7, 11) is -7.10. The quantitative estimate of drug-likeness (QED) is 0.0741. The minimum Gasteiger partial charge on any atom is -0.508 e. The van der Waals surface area contributed by atoms with Crippen molar-refractivity contribution < 1.29 is 59.3 Å². The smallest absolute Gasteiger partial charge is 0.508 e. The second kappa shape index (κ2) is 20.6. The molecular formula is C59H46BF3O10S. The Balaban J connectivity index is 0.000000137. The number of halogens is 3. The molecule has 0 spiro atoms. The normalized spacial score (nSPS) is 11.5. The highest BCUT2D eigenvalue weighted by Gasteiger charge is 2.48. The largest absolute Gasteiger partial charge is 0.534 e. The lowest BCUT2D eigenvalue weighted by Crippen LogP contribution is -2.29. The van der Waals surface area contributed by atoms with E-state index in [0.29, 0.717) is 27.7 Å². The average molecular weight is 1010 g/mol. The molecule has 3 heterocycles. The number of hydrogen-bond acceptors (Lipinski definition) is 10. The van der Waals surface area contributed by atoms with Crippen LogP contribution in [0.2, 0.25) is 0 Å². The summed E-state index contributed by atoms with van der Waals surface area (Å²) in [6, 6.07) is 57.6. The lowest BCUT2D eigenvalue weighted by atomic mass is 9.79. The molecule has 0 saturated heterocycles. The van der Waals surface area contributed by atoms with Gasteiger partial charge in [0, 0.05) is 54.5 Å². The molecule has 4 N–H and O–H groups in total. The molecule has 0 aliphatic carbocycles. The Hall–Kier alpha value is -8.50. The zero-order valence-corrected chi connectivity index (χ0v) is 41.0. The molecule has 3 aromatic heterocycles. The van der Waals surface area contributed by atoms with Gasteiger partial charge in [0.05, 0.1) is 0 Å². The van der Waals surface area contributed by atoms with E-state index in [1.165, 1.54) is 47.9 Å². The average Bonchev–Trinajstić information content (AvgIpc) is 4.09. The SMILES string of the molecule is Cc1c(-c2cccc3c2oc2ccccc23)cccc1-c1cccc2c1oc1ccccc12.Cc1c(O)cccc1O.Cc1cccc(OS(=O)(=O)C(F)(F)F)c1C.OB(O)c1cccc2c1oc1ccccc12. The van der Waals surface area contributed by atoms with Crippen molar-refractivity contribution in [2.45, 2.75) is 33.2 Å². The van der Waals surface area contributed by atoms with Crippen molar-refractivity contribution in [1.29, 1.82) is 0 Å². The maximum Gasteiger partial charge on any atom is 0.534 e. The van der Waals surface area contributed by atoms with Gasteiger partial charge in [-0.3, -0.25) is 0 Å². The fourth-order valence-electron chi connectivity index (χ4n) is 8.70. The fourth-order valence-corrected chi connectivity index (χ4v) is 9.21. The summed E-state index contributed by atoms with van der Waals surface area (Å²) in [5.74, 6) is -0.0395. The molecule has 12 aromatic rings. The van der Waals surface area contributed by atoms with E-state index < -0.39 is 22.7 Å². The Bertz CT molecular complexity index is 3990. The summed E-state index contributed by atoms with van der Waals surface area (Å²) in [6.45, 7) is 6.97. The summed E-state index contributed by atoms with van der Waals surface area (Å²) >= 11 is 0. The molecule has 10 nitrogen and oxygen atoms in total. The maximum atomic E-state index is 12.0. The number of aromatic hydroxyl groups is 2. The number of phenolic OH excluding ortho intramolecular Hbond substituents is 2. The van der Waals surface area contributed by atoms with E-state index in [1.807, 2.05) is 54.6 Å². The molecule has 12 rings (SSSR count). The Morgan fingerprint density at radius 1 is 0.432 bits per heavy atom. The number of benzene rings is 9. The maximum absolute atomic E-state index is 12.0. The number of rotatable bonds is 5. The van der Waals surface area contributed by atoms with Crippen LogP contribution in [-0.4, -0.2) is 41.3 Å². The number of fused-ring (bicyclic) bond motifs is 9. The summed E-state index contributed by atoms with van der Waals surface area (Å²) in [5, 5.41) is 42.8. The molecule has 0 aliphatic heterocycles. The van der Waals surface area contributed by atoms with Gasteiger partial charge in [-0.2, -0.15) is 21.6 Å². The number of alkyl halides is 3. The highest BCUT2D eigenvalue weighted by atomic mass is 32.2. The monoisotopic (exact) mass is 1010 g/mol. The highest BCUT2D eigenvalue weighted by molar-refractivity contribution is 7.88. The van der Waals surface area contributed by atoms with Crippen molar-refractivity contribution in [3.8, 4) is 39.5 Å². The minimum absolute atomic E-state index is 0.134. The van der Waals surface area contributed by atoms with Crippen LogP contribution < -0.4 is 9.65 Å². The highest BCUT2D eigenvalue weighted by Crippen LogP contribution is 2.42. The van der Waals surface area contributed by atoms with E-state index in [4.69, 9.17) is 23.5 Å². The molecule has 0 saturated carbocycles. The fraction of sp³-hybridized carbons (Fsp3) is 0.0847. The van der Waals surface area contributed by atoms with Crippen molar-refractivity contribution in [3.05, 3.63) is 204 Å². The van der Waals surface area contributed by atoms with Crippen molar-refractivity contribution in [2.24, 2.45) is 0 Å². The van der Waals surface area contributed by atoms with Gasteiger partial charge in [0.25, 0.3) is 0 Å². The van der Waals surface area contributed by atoms with E-state index in [-0.39, 0.29) is 17.2 Å². The van der Waals surface area contributed by atoms with Crippen molar-refractivity contribution in [3.63, 3.8) is 0 Å². The van der Waals surface area contributed by atoms with Gasteiger partial charge in [-0.15, -0.1) is 0 Å². The van der Waals surface area contributed by atoms with Gasteiger partial charge in [-0.25, -0.2) is 0 Å². The van der Waals surface area contributed by atoms with Gasteiger partial charge in [0.15, 0.2) is 0 Å². The number of phenols is 2. The molecule has 15 heteroatoms. The molecule has 74 heavy (non-hydrogen) atoms. The zero-order valence-electron chi connectivity index (χ0n) is 40.2. The molecular weight excluding hydrogens is 969 g/mol. The van der Waals surface area contributed by atoms with Crippen LogP contribution in [0.3, 0.4) is 0 Å². The first-order valence-electron chi connectivity index (χ1n) is 23.1. The lowest BCUT2D eigenvalue weighted by Gasteiger charge is -2.13. The molecule has 372 valence electrons. The van der Waals surface area contributed by atoms with Crippen LogP contribution >= 0.6 is 0 Å². The van der Waals surface area contributed by atoms with Crippen LogP contribution in [0.1, 0.15) is 22.3 Å². The van der Waals surface area contributed by atoms with E-state index in [1.54, 1.807) is 38.1 Å². The van der Waals surface area contributed by atoms with E-state index in [9.17, 15) is 31.6 Å². The second-order valence-corrected chi connectivity index (χ2v) is 18.9. The van der Waals surface area contributed by atoms with Crippen molar-refractivity contribution >= 4 is 88.5 Å². The Labute approximate surface area is 423 Å². The first-order chi connectivity index (χ1) is 35.4. The number of para-hydroxylation sites is 6. The third kappa shape index (κ3) is 9.88. The van der Waals surface area contributed by atoms with Crippen LogP contribution in [0.25, 0.3) is 88.1 Å². The summed E-state index contributed by atoms with van der Waals surface area (Å²) in [6.07, 6.45) is 0. The van der Waals surface area contributed by atoms with E-state index >= 15 is 0 Å². The molecule has 9 aromatic carbocycles. The predicted octanol–water partition coefficient (Wildman–Crippen LogP) is 14.3. The Morgan fingerprint density at radius 3 is 1.27 bits per heavy atom. The minimum atomic E-state index is -5.59. The summed E-state index contributed by atoms with van der Waals surface area (Å²) in [4.78, 5) is 0. The van der Waals surface area contributed by atoms with Crippen LogP contribution in [0, 0.1) is 27.7 Å². The molecule has 0 amide bonds. The summed E-state index contributed by atoms with van der Waals surface area (Å²) < 4.78 is 79.9. The molecule has 0 aliphatic rings. The van der Waals surface area contributed by atoms with E-state index in [0.717, 1.165) is 71.4 Å². The lowest BCUT2D eigenvalue weighted by molar-refractivity contribution is -0.0500. The first-order valence-corrected chi connectivity index (χ1v) is 24.6. The first kappa shape index (κ1) is 50.4. The number of hydrogen-bond donors (Lipinski definition) is 4. The van der Waals surface area contributed by atoms with Crippen molar-refractivity contribution in [2.75, 3.05) is 0 Å². The number of furan rings is 3. The van der Waals surface area contributed by atoms with Crippen LogP contribution in [-0.2, 0) is 10.1 Å². The standard InChI is InChI=1S/C31H20O2.C12H9BO3.C9H9F3O3S.C7H8O2/c1-19-20(24-13-7-15-26-22-9-2-4-17-28(22)32-30(24)26)11-6-12-21(19)25-14-8-16-27-23-10-3-5-18-29(23)33-31(25)27;14-13(15)10-6-3-5-9-8-4-1-2-7-11(8)16-12(9)10;1-6-4-3-5-8(7(6)2)15-16(13,14)9(10,11)12;1-5-6(8)3-2-4-7(5)9/h2-18H,1H3;1-7,14-15H;3-5H,1-2H3;2-4,8-9H,1H3. The van der Waals surface area contributed by atoms with Crippen LogP contribution in [0.4, 0.5) is 13.2 Å². The van der Waals surface area contributed by atoms with Crippen molar-refractivity contribution in [1.82, 2.24) is 0 Å². The van der Waals surface area contributed by atoms with E-state index in [2.05, 4.69) is 90.0 Å². The Kier molecular flexibility index (Phi) is 14.0. The van der Waals surface area contributed by atoms with Crippen LogP contribution in [0.15, 0.2) is 195 Å². The topological polar surface area (TPSA) is 164 Å². The molecule has 0 radical (unpaired) electrons.